The number of halogens is 1. The standard InChI is InChI=1S/C14H17N3.C7H6ClNO/c1-15-12-5-3-4-11(8-12)14-13(10-6-7-10)9-16-17(14)2;8-6-2-1-3-7(4-6)9-5-10/h3-5,8-10,15H,6-7H2,1-2H3;1-5H,(H,9,10). The van der Waals surface area contributed by atoms with Gasteiger partial charge in [0.25, 0.3) is 0 Å². The Kier molecular flexibility index (Phi) is 6.14. The summed E-state index contributed by atoms with van der Waals surface area (Å²) in [5.41, 5.74) is 5.78. The molecule has 1 saturated carbocycles. The largest absolute Gasteiger partial charge is 0.388 e. The lowest BCUT2D eigenvalue weighted by Gasteiger charge is -2.08. The normalized spacial score (nSPS) is 12.7. The Labute approximate surface area is 164 Å². The van der Waals surface area contributed by atoms with E-state index in [4.69, 9.17) is 11.6 Å². The van der Waals surface area contributed by atoms with Gasteiger partial charge < -0.3 is 10.6 Å². The highest BCUT2D eigenvalue weighted by molar-refractivity contribution is 6.30. The number of anilines is 2. The Morgan fingerprint density at radius 3 is 2.56 bits per heavy atom. The molecule has 1 aliphatic carbocycles. The first-order valence-electron chi connectivity index (χ1n) is 8.88. The van der Waals surface area contributed by atoms with Crippen molar-refractivity contribution in [2.45, 2.75) is 18.8 Å². The van der Waals surface area contributed by atoms with E-state index in [1.807, 2.05) is 25.0 Å². The number of benzene rings is 2. The lowest BCUT2D eigenvalue weighted by atomic mass is 10.0. The van der Waals surface area contributed by atoms with E-state index >= 15 is 0 Å². The topological polar surface area (TPSA) is 59.0 Å². The molecule has 4 rings (SSSR count). The highest BCUT2D eigenvalue weighted by Crippen LogP contribution is 2.44. The van der Waals surface area contributed by atoms with Gasteiger partial charge in [0.05, 0.1) is 11.9 Å². The number of aromatic nitrogens is 2. The molecule has 27 heavy (non-hydrogen) atoms. The third-order valence-corrected chi connectivity index (χ3v) is 4.69. The van der Waals surface area contributed by atoms with Gasteiger partial charge in [0, 0.05) is 41.6 Å². The van der Waals surface area contributed by atoms with Gasteiger partial charge in [-0.05, 0) is 49.1 Å². The molecule has 0 aliphatic heterocycles. The molecule has 1 aromatic heterocycles. The van der Waals surface area contributed by atoms with Gasteiger partial charge in [0.2, 0.25) is 6.41 Å². The molecule has 0 unspecified atom stereocenters. The molecule has 1 fully saturated rings. The monoisotopic (exact) mass is 382 g/mol. The minimum Gasteiger partial charge on any atom is -0.388 e. The van der Waals surface area contributed by atoms with Gasteiger partial charge in [0.1, 0.15) is 0 Å². The molecule has 1 amide bonds. The average Bonchev–Trinajstić information content (AvgIpc) is 3.45. The number of amides is 1. The van der Waals surface area contributed by atoms with Crippen LogP contribution in [0.1, 0.15) is 24.3 Å². The van der Waals surface area contributed by atoms with Gasteiger partial charge in [-0.3, -0.25) is 9.48 Å². The molecule has 1 heterocycles. The van der Waals surface area contributed by atoms with Crippen molar-refractivity contribution in [1.82, 2.24) is 9.78 Å². The Hall–Kier alpha value is -2.79. The van der Waals surface area contributed by atoms with Gasteiger partial charge in [-0.1, -0.05) is 29.8 Å². The summed E-state index contributed by atoms with van der Waals surface area (Å²) in [6.45, 7) is 0. The number of nitrogens with zero attached hydrogens (tertiary/aromatic N) is 2. The van der Waals surface area contributed by atoms with Crippen LogP contribution in [0.3, 0.4) is 0 Å². The highest BCUT2D eigenvalue weighted by Gasteiger charge is 2.28. The van der Waals surface area contributed by atoms with Crippen LogP contribution in [0.5, 0.6) is 0 Å². The summed E-state index contributed by atoms with van der Waals surface area (Å²) in [4.78, 5) is 9.93. The maximum absolute atomic E-state index is 9.93. The summed E-state index contributed by atoms with van der Waals surface area (Å²) in [5.74, 6) is 0.733. The summed E-state index contributed by atoms with van der Waals surface area (Å²) in [6.07, 6.45) is 5.26. The maximum Gasteiger partial charge on any atom is 0.211 e. The van der Waals surface area contributed by atoms with E-state index in [1.54, 1.807) is 24.3 Å². The van der Waals surface area contributed by atoms with Crippen LogP contribution in [0.4, 0.5) is 11.4 Å². The summed E-state index contributed by atoms with van der Waals surface area (Å²) in [5, 5.41) is 10.7. The van der Waals surface area contributed by atoms with Crippen LogP contribution < -0.4 is 10.6 Å². The SMILES string of the molecule is CNc1cccc(-c2c(C3CC3)cnn2C)c1.O=CNc1cccc(Cl)c1. The smallest absolute Gasteiger partial charge is 0.211 e. The van der Waals surface area contributed by atoms with Crippen LogP contribution in [0.25, 0.3) is 11.3 Å². The molecule has 2 aromatic carbocycles. The van der Waals surface area contributed by atoms with Crippen LogP contribution in [0.15, 0.2) is 54.7 Å². The fraction of sp³-hybridized carbons (Fsp3) is 0.238. The lowest BCUT2D eigenvalue weighted by molar-refractivity contribution is -0.105. The molecular formula is C21H23ClN4O. The molecular weight excluding hydrogens is 360 g/mol. The minimum atomic E-state index is 0.617. The van der Waals surface area contributed by atoms with Gasteiger partial charge in [-0.25, -0.2) is 0 Å². The van der Waals surface area contributed by atoms with Crippen LogP contribution in [-0.2, 0) is 11.8 Å². The van der Waals surface area contributed by atoms with E-state index in [2.05, 4.69) is 40.0 Å². The van der Waals surface area contributed by atoms with Crippen LogP contribution in [-0.4, -0.2) is 23.2 Å². The van der Waals surface area contributed by atoms with Crippen molar-refractivity contribution >= 4 is 29.4 Å². The van der Waals surface area contributed by atoms with Gasteiger partial charge in [-0.2, -0.15) is 5.10 Å². The Morgan fingerprint density at radius 2 is 1.89 bits per heavy atom. The van der Waals surface area contributed by atoms with Crippen molar-refractivity contribution in [2.75, 3.05) is 17.7 Å². The van der Waals surface area contributed by atoms with Crippen LogP contribution in [0.2, 0.25) is 5.02 Å². The zero-order valence-corrected chi connectivity index (χ0v) is 16.2. The van der Waals surface area contributed by atoms with Crippen LogP contribution in [0, 0.1) is 0 Å². The van der Waals surface area contributed by atoms with E-state index in [9.17, 15) is 4.79 Å². The maximum atomic E-state index is 9.93. The number of carbonyl (C=O) groups is 1. The molecule has 3 aromatic rings. The Morgan fingerprint density at radius 1 is 1.15 bits per heavy atom. The molecule has 5 nitrogen and oxygen atoms in total. The summed E-state index contributed by atoms with van der Waals surface area (Å²) in [7, 11) is 3.97. The molecule has 0 radical (unpaired) electrons. The van der Waals surface area contributed by atoms with Gasteiger partial charge in [-0.15, -0.1) is 0 Å². The average molecular weight is 383 g/mol. The molecule has 1 aliphatic rings. The second-order valence-corrected chi connectivity index (χ2v) is 6.89. The molecule has 0 bridgehead atoms. The zero-order chi connectivity index (χ0) is 19.2. The Bertz CT molecular complexity index is 918. The molecule has 0 atom stereocenters. The summed E-state index contributed by atoms with van der Waals surface area (Å²) in [6, 6.07) is 15.5. The molecule has 140 valence electrons. The van der Waals surface area contributed by atoms with Crippen molar-refractivity contribution in [3.8, 4) is 11.3 Å². The first kappa shape index (κ1) is 19.0. The van der Waals surface area contributed by atoms with Crippen molar-refractivity contribution in [3.63, 3.8) is 0 Å². The third-order valence-electron chi connectivity index (χ3n) is 4.46. The van der Waals surface area contributed by atoms with Crippen molar-refractivity contribution in [1.29, 1.82) is 0 Å². The minimum absolute atomic E-state index is 0.617. The van der Waals surface area contributed by atoms with E-state index in [-0.39, 0.29) is 0 Å². The fourth-order valence-corrected chi connectivity index (χ4v) is 3.16. The van der Waals surface area contributed by atoms with Crippen molar-refractivity contribution in [2.24, 2.45) is 7.05 Å². The van der Waals surface area contributed by atoms with Crippen molar-refractivity contribution < 1.29 is 4.79 Å². The van der Waals surface area contributed by atoms with Crippen molar-refractivity contribution in [3.05, 3.63) is 65.3 Å². The summed E-state index contributed by atoms with van der Waals surface area (Å²) >= 11 is 5.62. The molecule has 0 saturated heterocycles. The Balaban J connectivity index is 0.000000180. The van der Waals surface area contributed by atoms with E-state index in [0.29, 0.717) is 17.1 Å². The fourth-order valence-electron chi connectivity index (χ4n) is 2.97. The molecule has 0 spiro atoms. The third kappa shape index (κ3) is 4.89. The zero-order valence-electron chi connectivity index (χ0n) is 15.4. The first-order chi connectivity index (χ1) is 13.1. The second kappa shape index (κ2) is 8.73. The van der Waals surface area contributed by atoms with E-state index < -0.39 is 0 Å². The molecule has 2 N–H and O–H groups in total. The highest BCUT2D eigenvalue weighted by atomic mass is 35.5. The number of rotatable bonds is 5. The number of hydrogen-bond donors (Lipinski definition) is 2. The lowest BCUT2D eigenvalue weighted by Crippen LogP contribution is -1.96. The summed E-state index contributed by atoms with van der Waals surface area (Å²) < 4.78 is 1.99. The second-order valence-electron chi connectivity index (χ2n) is 6.45. The number of hydrogen-bond acceptors (Lipinski definition) is 3. The van der Waals surface area contributed by atoms with Gasteiger partial charge in [0.15, 0.2) is 0 Å². The quantitative estimate of drug-likeness (QED) is 0.616. The van der Waals surface area contributed by atoms with Crippen LogP contribution >= 0.6 is 11.6 Å². The van der Waals surface area contributed by atoms with E-state index in [0.717, 1.165) is 11.6 Å². The van der Waals surface area contributed by atoms with E-state index in [1.165, 1.54) is 29.7 Å². The molecule has 6 heteroatoms. The number of nitrogens with one attached hydrogen (secondary N) is 2. The number of carbonyl (C=O) groups excluding carboxylic acids is 1. The first-order valence-corrected chi connectivity index (χ1v) is 9.26. The number of aryl methyl sites for hydroxylation is 1. The van der Waals surface area contributed by atoms with Gasteiger partial charge >= 0.3 is 0 Å². The predicted molar refractivity (Wildman–Crippen MR) is 111 cm³/mol. The predicted octanol–water partition coefficient (Wildman–Crippen LogP) is 4.91.